The lowest BCUT2D eigenvalue weighted by molar-refractivity contribution is 0.0730. The molecule has 1 aliphatic rings. The van der Waals surface area contributed by atoms with Crippen molar-refractivity contribution in [1.82, 2.24) is 25.2 Å². The highest BCUT2D eigenvalue weighted by molar-refractivity contribution is 5.92. The predicted octanol–water partition coefficient (Wildman–Crippen LogP) is 0.621. The number of piperazine rings is 1. The molecule has 2 aromatic rings. The lowest BCUT2D eigenvalue weighted by atomic mass is 10.2. The third-order valence-electron chi connectivity index (χ3n) is 3.48. The Kier molecular flexibility index (Phi) is 3.47. The van der Waals surface area contributed by atoms with Crippen LogP contribution in [-0.2, 0) is 0 Å². The van der Waals surface area contributed by atoms with Gasteiger partial charge in [-0.05, 0) is 18.6 Å². The van der Waals surface area contributed by atoms with Gasteiger partial charge in [-0.2, -0.15) is 0 Å². The summed E-state index contributed by atoms with van der Waals surface area (Å²) in [5, 5.41) is 11.3. The van der Waals surface area contributed by atoms with Crippen molar-refractivity contribution in [3.05, 3.63) is 41.7 Å². The van der Waals surface area contributed by atoms with Gasteiger partial charge in [0.25, 0.3) is 5.91 Å². The number of aromatic nitrogens is 3. The maximum atomic E-state index is 12.3. The van der Waals surface area contributed by atoms with E-state index in [-0.39, 0.29) is 5.91 Å². The summed E-state index contributed by atoms with van der Waals surface area (Å²) in [6, 6.07) is 7.89. The standard InChI is InChI=1S/C14H17N5O/c1-11-4-2-3-5-13(11)19-10-12(16-17-19)14(20)18-8-6-15-7-9-18/h2-5,10,15H,6-9H2,1H3. The number of rotatable bonds is 2. The van der Waals surface area contributed by atoms with Crippen LogP contribution in [0.25, 0.3) is 5.69 Å². The number of para-hydroxylation sites is 1. The first-order chi connectivity index (χ1) is 9.75. The first-order valence-electron chi connectivity index (χ1n) is 6.74. The van der Waals surface area contributed by atoms with E-state index < -0.39 is 0 Å². The minimum absolute atomic E-state index is 0.0497. The first-order valence-corrected chi connectivity index (χ1v) is 6.74. The van der Waals surface area contributed by atoms with Crippen LogP contribution in [0.1, 0.15) is 16.1 Å². The molecule has 2 heterocycles. The molecule has 0 unspecified atom stereocenters. The Labute approximate surface area is 117 Å². The highest BCUT2D eigenvalue weighted by Crippen LogP contribution is 2.13. The molecule has 0 atom stereocenters. The van der Waals surface area contributed by atoms with Crippen molar-refractivity contribution in [3.63, 3.8) is 0 Å². The first kappa shape index (κ1) is 12.8. The van der Waals surface area contributed by atoms with Crippen molar-refractivity contribution in [1.29, 1.82) is 0 Å². The summed E-state index contributed by atoms with van der Waals surface area (Å²) in [5.74, 6) is -0.0497. The number of nitrogens with zero attached hydrogens (tertiary/aromatic N) is 4. The van der Waals surface area contributed by atoms with Crippen LogP contribution in [0.2, 0.25) is 0 Å². The number of benzene rings is 1. The molecular formula is C14H17N5O. The zero-order valence-corrected chi connectivity index (χ0v) is 11.4. The Morgan fingerprint density at radius 1 is 1.25 bits per heavy atom. The van der Waals surface area contributed by atoms with Gasteiger partial charge in [-0.25, -0.2) is 4.68 Å². The second kappa shape index (κ2) is 5.42. The molecule has 1 aliphatic heterocycles. The molecule has 0 aliphatic carbocycles. The lowest BCUT2D eigenvalue weighted by Gasteiger charge is -2.26. The Morgan fingerprint density at radius 3 is 2.75 bits per heavy atom. The molecule has 0 saturated carbocycles. The van der Waals surface area contributed by atoms with Gasteiger partial charge in [0.2, 0.25) is 0 Å². The molecule has 1 fully saturated rings. The third kappa shape index (κ3) is 2.42. The van der Waals surface area contributed by atoms with Gasteiger partial charge in [0.1, 0.15) is 0 Å². The van der Waals surface area contributed by atoms with E-state index in [1.165, 1.54) is 0 Å². The molecule has 104 valence electrons. The van der Waals surface area contributed by atoms with E-state index in [9.17, 15) is 4.79 Å². The van der Waals surface area contributed by atoms with E-state index in [0.717, 1.165) is 37.4 Å². The van der Waals surface area contributed by atoms with Crippen molar-refractivity contribution < 1.29 is 4.79 Å². The van der Waals surface area contributed by atoms with Crippen molar-refractivity contribution >= 4 is 5.91 Å². The highest BCUT2D eigenvalue weighted by atomic mass is 16.2. The van der Waals surface area contributed by atoms with E-state index in [1.807, 2.05) is 36.1 Å². The van der Waals surface area contributed by atoms with Gasteiger partial charge in [-0.3, -0.25) is 4.79 Å². The summed E-state index contributed by atoms with van der Waals surface area (Å²) in [5.41, 5.74) is 2.44. The van der Waals surface area contributed by atoms with Gasteiger partial charge in [0.15, 0.2) is 5.69 Å². The number of nitrogens with one attached hydrogen (secondary N) is 1. The van der Waals surface area contributed by atoms with Crippen molar-refractivity contribution in [2.75, 3.05) is 26.2 Å². The molecule has 6 nitrogen and oxygen atoms in total. The molecule has 1 aromatic heterocycles. The number of amides is 1. The minimum Gasteiger partial charge on any atom is -0.335 e. The summed E-state index contributed by atoms with van der Waals surface area (Å²) in [6.07, 6.45) is 1.70. The second-order valence-electron chi connectivity index (χ2n) is 4.88. The van der Waals surface area contributed by atoms with Crippen LogP contribution in [0, 0.1) is 6.92 Å². The Hall–Kier alpha value is -2.21. The number of hydrogen-bond donors (Lipinski definition) is 1. The van der Waals surface area contributed by atoms with E-state index >= 15 is 0 Å². The molecule has 6 heteroatoms. The van der Waals surface area contributed by atoms with Crippen LogP contribution in [-0.4, -0.2) is 52.0 Å². The quantitative estimate of drug-likeness (QED) is 0.870. The van der Waals surface area contributed by atoms with Crippen molar-refractivity contribution in [2.24, 2.45) is 0 Å². The predicted molar refractivity (Wildman–Crippen MR) is 74.9 cm³/mol. The molecule has 1 amide bonds. The van der Waals surface area contributed by atoms with Crippen LogP contribution >= 0.6 is 0 Å². The maximum absolute atomic E-state index is 12.3. The summed E-state index contributed by atoms with van der Waals surface area (Å²) >= 11 is 0. The average Bonchev–Trinajstić information content (AvgIpc) is 2.97. The van der Waals surface area contributed by atoms with Gasteiger partial charge in [0, 0.05) is 26.2 Å². The molecule has 0 radical (unpaired) electrons. The van der Waals surface area contributed by atoms with Crippen LogP contribution in [0.15, 0.2) is 30.5 Å². The summed E-state index contributed by atoms with van der Waals surface area (Å²) < 4.78 is 1.66. The average molecular weight is 271 g/mol. The van der Waals surface area contributed by atoms with Gasteiger partial charge in [0.05, 0.1) is 11.9 Å². The molecule has 1 aromatic carbocycles. The Bertz CT molecular complexity index is 616. The van der Waals surface area contributed by atoms with Crippen molar-refractivity contribution in [2.45, 2.75) is 6.92 Å². The van der Waals surface area contributed by atoms with Gasteiger partial charge < -0.3 is 10.2 Å². The third-order valence-corrected chi connectivity index (χ3v) is 3.48. The lowest BCUT2D eigenvalue weighted by Crippen LogP contribution is -2.46. The normalized spacial score (nSPS) is 15.3. The van der Waals surface area contributed by atoms with E-state index in [0.29, 0.717) is 5.69 Å². The van der Waals surface area contributed by atoms with Crippen LogP contribution in [0.5, 0.6) is 0 Å². The monoisotopic (exact) mass is 271 g/mol. The molecule has 0 spiro atoms. The Morgan fingerprint density at radius 2 is 2.00 bits per heavy atom. The molecule has 1 saturated heterocycles. The highest BCUT2D eigenvalue weighted by Gasteiger charge is 2.21. The largest absolute Gasteiger partial charge is 0.335 e. The van der Waals surface area contributed by atoms with E-state index in [4.69, 9.17) is 0 Å². The zero-order chi connectivity index (χ0) is 13.9. The number of aryl methyl sites for hydroxylation is 1. The molecular weight excluding hydrogens is 254 g/mol. The molecule has 20 heavy (non-hydrogen) atoms. The number of carbonyl (C=O) groups is 1. The van der Waals surface area contributed by atoms with Gasteiger partial charge >= 0.3 is 0 Å². The topological polar surface area (TPSA) is 63.1 Å². The number of carbonyl (C=O) groups excluding carboxylic acids is 1. The van der Waals surface area contributed by atoms with Crippen LogP contribution in [0.4, 0.5) is 0 Å². The van der Waals surface area contributed by atoms with Crippen LogP contribution < -0.4 is 5.32 Å². The fourth-order valence-electron chi connectivity index (χ4n) is 2.33. The van der Waals surface area contributed by atoms with Gasteiger partial charge in [-0.1, -0.05) is 23.4 Å². The maximum Gasteiger partial charge on any atom is 0.276 e. The fourth-order valence-corrected chi connectivity index (χ4v) is 2.33. The zero-order valence-electron chi connectivity index (χ0n) is 11.4. The van der Waals surface area contributed by atoms with E-state index in [2.05, 4.69) is 15.6 Å². The van der Waals surface area contributed by atoms with Gasteiger partial charge in [-0.15, -0.1) is 5.10 Å². The smallest absolute Gasteiger partial charge is 0.276 e. The molecule has 3 rings (SSSR count). The van der Waals surface area contributed by atoms with Crippen molar-refractivity contribution in [3.8, 4) is 5.69 Å². The Balaban J connectivity index is 1.83. The van der Waals surface area contributed by atoms with E-state index in [1.54, 1.807) is 10.9 Å². The SMILES string of the molecule is Cc1ccccc1-n1cc(C(=O)N2CCNCC2)nn1. The minimum atomic E-state index is -0.0497. The summed E-state index contributed by atoms with van der Waals surface area (Å²) in [6.45, 7) is 5.11. The fraction of sp³-hybridized carbons (Fsp3) is 0.357. The second-order valence-corrected chi connectivity index (χ2v) is 4.88. The molecule has 1 N–H and O–H groups in total. The number of hydrogen-bond acceptors (Lipinski definition) is 4. The summed E-state index contributed by atoms with van der Waals surface area (Å²) in [4.78, 5) is 14.1. The molecule has 0 bridgehead atoms. The summed E-state index contributed by atoms with van der Waals surface area (Å²) in [7, 11) is 0. The van der Waals surface area contributed by atoms with Crippen LogP contribution in [0.3, 0.4) is 0 Å².